The van der Waals surface area contributed by atoms with Crippen LogP contribution in [-0.2, 0) is 5.60 Å². The monoisotopic (exact) mass is 210 g/mol. The number of likely N-dealkylation sites (tertiary alicyclic amines) is 1. The molecule has 0 aromatic carbocycles. The van der Waals surface area contributed by atoms with Gasteiger partial charge in [-0.05, 0) is 32.0 Å². The first-order valence-electron chi connectivity index (χ1n) is 5.14. The SMILES string of the molecule is CN1CCC(O)(c2ncccc2F)CC1. The zero-order valence-corrected chi connectivity index (χ0v) is 8.78. The Labute approximate surface area is 88.6 Å². The minimum absolute atomic E-state index is 0.193. The summed E-state index contributed by atoms with van der Waals surface area (Å²) in [5.74, 6) is -0.412. The number of aromatic nitrogens is 1. The second-order valence-corrected chi connectivity index (χ2v) is 4.17. The normalized spacial score (nSPS) is 21.5. The molecule has 15 heavy (non-hydrogen) atoms. The van der Waals surface area contributed by atoms with Gasteiger partial charge in [0.2, 0.25) is 0 Å². The van der Waals surface area contributed by atoms with Crippen LogP contribution in [0.15, 0.2) is 18.3 Å². The highest BCUT2D eigenvalue weighted by Gasteiger charge is 2.36. The van der Waals surface area contributed by atoms with E-state index in [1.807, 2.05) is 7.05 Å². The number of hydrogen-bond acceptors (Lipinski definition) is 3. The molecule has 1 aliphatic rings. The van der Waals surface area contributed by atoms with Crippen LogP contribution in [0.3, 0.4) is 0 Å². The van der Waals surface area contributed by atoms with Crippen molar-refractivity contribution in [3.05, 3.63) is 29.8 Å². The quantitative estimate of drug-likeness (QED) is 0.755. The highest BCUT2D eigenvalue weighted by molar-refractivity contribution is 5.16. The lowest BCUT2D eigenvalue weighted by molar-refractivity contribution is -0.0267. The molecule has 2 heterocycles. The minimum atomic E-state index is -1.09. The number of hydrogen-bond donors (Lipinski definition) is 1. The zero-order chi connectivity index (χ0) is 10.9. The van der Waals surface area contributed by atoms with Gasteiger partial charge in [-0.15, -0.1) is 0 Å². The predicted molar refractivity (Wildman–Crippen MR) is 54.8 cm³/mol. The molecular formula is C11H15FN2O. The third-order valence-corrected chi connectivity index (χ3v) is 3.01. The van der Waals surface area contributed by atoms with Crippen molar-refractivity contribution in [2.45, 2.75) is 18.4 Å². The molecule has 0 atom stereocenters. The largest absolute Gasteiger partial charge is 0.383 e. The van der Waals surface area contributed by atoms with Crippen LogP contribution in [0.4, 0.5) is 4.39 Å². The third-order valence-electron chi connectivity index (χ3n) is 3.01. The van der Waals surface area contributed by atoms with Crippen LogP contribution < -0.4 is 0 Å². The summed E-state index contributed by atoms with van der Waals surface area (Å²) in [5, 5.41) is 10.3. The molecule has 0 bridgehead atoms. The van der Waals surface area contributed by atoms with E-state index in [-0.39, 0.29) is 5.69 Å². The number of aliphatic hydroxyl groups is 1. The van der Waals surface area contributed by atoms with E-state index < -0.39 is 11.4 Å². The molecule has 3 nitrogen and oxygen atoms in total. The fraction of sp³-hybridized carbons (Fsp3) is 0.545. The molecule has 0 amide bonds. The molecule has 1 N–H and O–H groups in total. The molecule has 1 aliphatic heterocycles. The molecular weight excluding hydrogens is 195 g/mol. The molecule has 0 aliphatic carbocycles. The molecule has 1 aromatic rings. The van der Waals surface area contributed by atoms with Gasteiger partial charge < -0.3 is 10.0 Å². The van der Waals surface area contributed by atoms with Gasteiger partial charge in [0, 0.05) is 19.3 Å². The second-order valence-electron chi connectivity index (χ2n) is 4.17. The van der Waals surface area contributed by atoms with Crippen LogP contribution in [0.5, 0.6) is 0 Å². The molecule has 0 unspecified atom stereocenters. The van der Waals surface area contributed by atoms with Crippen molar-refractivity contribution in [3.8, 4) is 0 Å². The van der Waals surface area contributed by atoms with Gasteiger partial charge in [-0.25, -0.2) is 4.39 Å². The summed E-state index contributed by atoms with van der Waals surface area (Å²) < 4.78 is 13.5. The lowest BCUT2D eigenvalue weighted by Gasteiger charge is -2.36. The minimum Gasteiger partial charge on any atom is -0.383 e. The summed E-state index contributed by atoms with van der Waals surface area (Å²) in [5.41, 5.74) is -0.893. The lowest BCUT2D eigenvalue weighted by Crippen LogP contribution is -2.41. The summed E-state index contributed by atoms with van der Waals surface area (Å²) in [4.78, 5) is 6.08. The van der Waals surface area contributed by atoms with E-state index in [9.17, 15) is 9.50 Å². The molecule has 2 rings (SSSR count). The van der Waals surface area contributed by atoms with Gasteiger partial charge in [-0.3, -0.25) is 4.98 Å². The average Bonchev–Trinajstić information content (AvgIpc) is 2.23. The molecule has 82 valence electrons. The molecule has 0 radical (unpaired) electrons. The number of rotatable bonds is 1. The Morgan fingerprint density at radius 3 is 2.73 bits per heavy atom. The smallest absolute Gasteiger partial charge is 0.147 e. The summed E-state index contributed by atoms with van der Waals surface area (Å²) >= 11 is 0. The van der Waals surface area contributed by atoms with E-state index in [1.165, 1.54) is 18.3 Å². The molecule has 1 saturated heterocycles. The lowest BCUT2D eigenvalue weighted by atomic mass is 9.88. The Bertz CT molecular complexity index is 348. The fourth-order valence-electron chi connectivity index (χ4n) is 1.95. The van der Waals surface area contributed by atoms with Gasteiger partial charge in [-0.1, -0.05) is 0 Å². The van der Waals surface area contributed by atoms with E-state index >= 15 is 0 Å². The maximum atomic E-state index is 13.5. The molecule has 4 heteroatoms. The summed E-state index contributed by atoms with van der Waals surface area (Å²) in [7, 11) is 1.99. The first-order valence-corrected chi connectivity index (χ1v) is 5.14. The molecule has 0 saturated carbocycles. The summed E-state index contributed by atoms with van der Waals surface area (Å²) in [6.07, 6.45) is 2.60. The predicted octanol–water partition coefficient (Wildman–Crippen LogP) is 1.13. The number of piperidine rings is 1. The Balaban J connectivity index is 2.26. The second kappa shape index (κ2) is 3.87. The van der Waals surface area contributed by atoms with Crippen LogP contribution in [0, 0.1) is 5.82 Å². The number of nitrogens with zero attached hydrogens (tertiary/aromatic N) is 2. The van der Waals surface area contributed by atoms with Crippen molar-refractivity contribution in [2.24, 2.45) is 0 Å². The standard InChI is InChI=1S/C11H15FN2O/c1-14-7-4-11(15,5-8-14)10-9(12)3-2-6-13-10/h2-3,6,15H,4-5,7-8H2,1H3. The van der Waals surface area contributed by atoms with E-state index in [0.29, 0.717) is 12.8 Å². The Hall–Kier alpha value is -1.00. The third kappa shape index (κ3) is 2.01. The Morgan fingerprint density at radius 2 is 2.13 bits per heavy atom. The van der Waals surface area contributed by atoms with Crippen molar-refractivity contribution in [3.63, 3.8) is 0 Å². The van der Waals surface area contributed by atoms with Crippen LogP contribution in [0.1, 0.15) is 18.5 Å². The van der Waals surface area contributed by atoms with Gasteiger partial charge in [-0.2, -0.15) is 0 Å². The van der Waals surface area contributed by atoms with Gasteiger partial charge in [0.15, 0.2) is 0 Å². The van der Waals surface area contributed by atoms with Crippen molar-refractivity contribution in [1.82, 2.24) is 9.88 Å². The number of pyridine rings is 1. The number of halogens is 1. The maximum Gasteiger partial charge on any atom is 0.147 e. The summed E-state index contributed by atoms with van der Waals surface area (Å²) in [6, 6.07) is 2.88. The Kier molecular flexibility index (Phi) is 2.71. The van der Waals surface area contributed by atoms with Gasteiger partial charge in [0.05, 0.1) is 0 Å². The first-order chi connectivity index (χ1) is 7.12. The van der Waals surface area contributed by atoms with E-state index in [1.54, 1.807) is 0 Å². The average molecular weight is 210 g/mol. The highest BCUT2D eigenvalue weighted by atomic mass is 19.1. The highest BCUT2D eigenvalue weighted by Crippen LogP contribution is 2.32. The van der Waals surface area contributed by atoms with E-state index in [4.69, 9.17) is 0 Å². The maximum absolute atomic E-state index is 13.5. The first kappa shape index (κ1) is 10.5. The van der Waals surface area contributed by atoms with Gasteiger partial charge >= 0.3 is 0 Å². The molecule has 1 fully saturated rings. The van der Waals surface area contributed by atoms with E-state index in [2.05, 4.69) is 9.88 Å². The van der Waals surface area contributed by atoms with Gasteiger partial charge in [0.25, 0.3) is 0 Å². The van der Waals surface area contributed by atoms with Crippen LogP contribution in [0.2, 0.25) is 0 Å². The van der Waals surface area contributed by atoms with Crippen molar-refractivity contribution in [1.29, 1.82) is 0 Å². The Morgan fingerprint density at radius 1 is 1.47 bits per heavy atom. The summed E-state index contributed by atoms with van der Waals surface area (Å²) in [6.45, 7) is 1.54. The van der Waals surface area contributed by atoms with Crippen LogP contribution in [0.25, 0.3) is 0 Å². The van der Waals surface area contributed by atoms with Crippen LogP contribution >= 0.6 is 0 Å². The molecule has 0 spiro atoms. The van der Waals surface area contributed by atoms with Gasteiger partial charge in [0.1, 0.15) is 17.1 Å². The zero-order valence-electron chi connectivity index (χ0n) is 8.78. The van der Waals surface area contributed by atoms with E-state index in [0.717, 1.165) is 13.1 Å². The fourth-order valence-corrected chi connectivity index (χ4v) is 1.95. The van der Waals surface area contributed by atoms with Crippen molar-refractivity contribution < 1.29 is 9.50 Å². The van der Waals surface area contributed by atoms with Crippen molar-refractivity contribution >= 4 is 0 Å². The van der Waals surface area contributed by atoms with Crippen LogP contribution in [-0.4, -0.2) is 35.1 Å². The molecule has 1 aromatic heterocycles. The van der Waals surface area contributed by atoms with Crippen molar-refractivity contribution in [2.75, 3.05) is 20.1 Å². The topological polar surface area (TPSA) is 36.4 Å².